The maximum absolute atomic E-state index is 12.0. The van der Waals surface area contributed by atoms with Crippen LogP contribution in [0.25, 0.3) is 0 Å². The molecule has 1 aliphatic rings. The van der Waals surface area contributed by atoms with E-state index in [1.54, 1.807) is 18.2 Å². The molecule has 1 aliphatic heterocycles. The molecule has 0 saturated carbocycles. The van der Waals surface area contributed by atoms with Gasteiger partial charge < -0.3 is 10.6 Å². The van der Waals surface area contributed by atoms with Gasteiger partial charge in [0, 0.05) is 25.7 Å². The van der Waals surface area contributed by atoms with Crippen molar-refractivity contribution in [3.8, 4) is 0 Å². The SMILES string of the molecule is CC1CNCCN1CC(=O)Nc1c(Cl)cccc1Cl.Cl. The molecular weight excluding hydrogens is 321 g/mol. The lowest BCUT2D eigenvalue weighted by atomic mass is 10.2. The van der Waals surface area contributed by atoms with Gasteiger partial charge >= 0.3 is 0 Å². The lowest BCUT2D eigenvalue weighted by Crippen LogP contribution is -2.52. The number of rotatable bonds is 3. The fourth-order valence-electron chi connectivity index (χ4n) is 2.10. The Balaban J connectivity index is 0.00000200. The van der Waals surface area contributed by atoms with E-state index < -0.39 is 0 Å². The van der Waals surface area contributed by atoms with E-state index in [1.807, 2.05) is 0 Å². The van der Waals surface area contributed by atoms with Crippen molar-refractivity contribution < 1.29 is 4.79 Å². The molecule has 1 saturated heterocycles. The summed E-state index contributed by atoms with van der Waals surface area (Å²) in [7, 11) is 0. The summed E-state index contributed by atoms with van der Waals surface area (Å²) in [5, 5.41) is 6.98. The molecule has 1 fully saturated rings. The zero-order valence-corrected chi connectivity index (χ0v) is 13.5. The van der Waals surface area contributed by atoms with E-state index in [0.29, 0.717) is 28.3 Å². The van der Waals surface area contributed by atoms with Gasteiger partial charge in [-0.3, -0.25) is 9.69 Å². The monoisotopic (exact) mass is 337 g/mol. The van der Waals surface area contributed by atoms with Gasteiger partial charge in [0.2, 0.25) is 5.91 Å². The Morgan fingerprint density at radius 1 is 1.45 bits per heavy atom. The lowest BCUT2D eigenvalue weighted by molar-refractivity contribution is -0.118. The maximum atomic E-state index is 12.0. The highest BCUT2D eigenvalue weighted by Gasteiger charge is 2.20. The van der Waals surface area contributed by atoms with Gasteiger partial charge in [0.05, 0.1) is 22.3 Å². The number of piperazine rings is 1. The number of amides is 1. The molecule has 1 atom stereocenters. The highest BCUT2D eigenvalue weighted by molar-refractivity contribution is 6.39. The van der Waals surface area contributed by atoms with Crippen LogP contribution in [-0.2, 0) is 4.79 Å². The Hall–Kier alpha value is -0.520. The van der Waals surface area contributed by atoms with Crippen molar-refractivity contribution in [2.24, 2.45) is 0 Å². The van der Waals surface area contributed by atoms with E-state index in [4.69, 9.17) is 23.2 Å². The first-order chi connectivity index (χ1) is 9.08. The standard InChI is InChI=1S/C13H17Cl2N3O.ClH/c1-9-7-16-5-6-18(9)8-12(19)17-13-10(14)3-2-4-11(13)15;/h2-4,9,16H,5-8H2,1H3,(H,17,19);1H. The molecule has 20 heavy (non-hydrogen) atoms. The quantitative estimate of drug-likeness (QED) is 0.890. The molecule has 112 valence electrons. The molecule has 1 aromatic rings. The number of para-hydroxylation sites is 1. The number of carbonyl (C=O) groups excluding carboxylic acids is 1. The van der Waals surface area contributed by atoms with E-state index in [0.717, 1.165) is 19.6 Å². The average Bonchev–Trinajstić information content (AvgIpc) is 2.37. The van der Waals surface area contributed by atoms with Crippen molar-refractivity contribution in [3.63, 3.8) is 0 Å². The Kier molecular flexibility index (Phi) is 7.06. The van der Waals surface area contributed by atoms with Crippen LogP contribution in [0.5, 0.6) is 0 Å². The third kappa shape index (κ3) is 4.50. The Morgan fingerprint density at radius 2 is 2.10 bits per heavy atom. The van der Waals surface area contributed by atoms with Crippen molar-refractivity contribution in [3.05, 3.63) is 28.2 Å². The Morgan fingerprint density at radius 3 is 2.70 bits per heavy atom. The number of benzene rings is 1. The van der Waals surface area contributed by atoms with E-state index in [1.165, 1.54) is 0 Å². The predicted molar refractivity (Wildman–Crippen MR) is 86.2 cm³/mol. The van der Waals surface area contributed by atoms with Crippen LogP contribution in [0, 0.1) is 0 Å². The minimum atomic E-state index is -0.0937. The van der Waals surface area contributed by atoms with Gasteiger partial charge in [0.1, 0.15) is 0 Å². The van der Waals surface area contributed by atoms with E-state index in [-0.39, 0.29) is 18.3 Å². The van der Waals surface area contributed by atoms with Crippen molar-refractivity contribution in [2.45, 2.75) is 13.0 Å². The van der Waals surface area contributed by atoms with Crippen molar-refractivity contribution >= 4 is 47.2 Å². The largest absolute Gasteiger partial charge is 0.322 e. The van der Waals surface area contributed by atoms with Crippen LogP contribution in [0.2, 0.25) is 10.0 Å². The van der Waals surface area contributed by atoms with Crippen LogP contribution < -0.4 is 10.6 Å². The molecule has 1 unspecified atom stereocenters. The molecule has 1 amide bonds. The van der Waals surface area contributed by atoms with Gasteiger partial charge in [-0.1, -0.05) is 29.3 Å². The zero-order chi connectivity index (χ0) is 13.8. The molecule has 7 heteroatoms. The van der Waals surface area contributed by atoms with Crippen LogP contribution in [0.15, 0.2) is 18.2 Å². The molecule has 4 nitrogen and oxygen atoms in total. The fourth-order valence-corrected chi connectivity index (χ4v) is 2.59. The topological polar surface area (TPSA) is 44.4 Å². The highest BCUT2D eigenvalue weighted by Crippen LogP contribution is 2.29. The average molecular weight is 339 g/mol. The van der Waals surface area contributed by atoms with Gasteiger partial charge in [0.25, 0.3) is 0 Å². The number of carbonyl (C=O) groups is 1. The smallest absolute Gasteiger partial charge is 0.238 e. The van der Waals surface area contributed by atoms with E-state index >= 15 is 0 Å². The lowest BCUT2D eigenvalue weighted by Gasteiger charge is -2.33. The van der Waals surface area contributed by atoms with Crippen molar-refractivity contribution in [1.29, 1.82) is 0 Å². The number of nitrogens with zero attached hydrogens (tertiary/aromatic N) is 1. The maximum Gasteiger partial charge on any atom is 0.238 e. The molecule has 1 heterocycles. The molecule has 0 aromatic heterocycles. The molecule has 0 radical (unpaired) electrons. The first-order valence-electron chi connectivity index (χ1n) is 6.26. The second-order valence-corrected chi connectivity index (χ2v) is 5.48. The summed E-state index contributed by atoms with van der Waals surface area (Å²) in [6.45, 7) is 5.13. The fraction of sp³-hybridized carbons (Fsp3) is 0.462. The van der Waals surface area contributed by atoms with Crippen LogP contribution in [-0.4, -0.2) is 43.0 Å². The molecule has 0 aliphatic carbocycles. The summed E-state index contributed by atoms with van der Waals surface area (Å²) < 4.78 is 0. The number of anilines is 1. The number of hydrogen-bond acceptors (Lipinski definition) is 3. The molecule has 0 spiro atoms. The van der Waals surface area contributed by atoms with E-state index in [2.05, 4.69) is 22.5 Å². The third-order valence-electron chi connectivity index (χ3n) is 3.21. The van der Waals surface area contributed by atoms with Gasteiger partial charge in [-0.15, -0.1) is 12.4 Å². The zero-order valence-electron chi connectivity index (χ0n) is 11.2. The summed E-state index contributed by atoms with van der Waals surface area (Å²) in [4.78, 5) is 14.2. The molecular formula is C13H18Cl3N3O. The summed E-state index contributed by atoms with van der Waals surface area (Å²) >= 11 is 12.0. The molecule has 2 N–H and O–H groups in total. The Labute approximate surface area is 135 Å². The molecule has 1 aromatic carbocycles. The van der Waals surface area contributed by atoms with Crippen LogP contribution in [0.4, 0.5) is 5.69 Å². The van der Waals surface area contributed by atoms with Crippen LogP contribution >= 0.6 is 35.6 Å². The predicted octanol–water partition coefficient (Wildman–Crippen LogP) is 2.65. The second kappa shape index (κ2) is 8.05. The normalized spacial score (nSPS) is 19.2. The number of halogens is 3. The molecule has 2 rings (SSSR count). The van der Waals surface area contributed by atoms with Crippen LogP contribution in [0.1, 0.15) is 6.92 Å². The third-order valence-corrected chi connectivity index (χ3v) is 3.84. The van der Waals surface area contributed by atoms with Gasteiger partial charge in [0.15, 0.2) is 0 Å². The first kappa shape index (κ1) is 17.5. The summed E-state index contributed by atoms with van der Waals surface area (Å²) in [5.41, 5.74) is 0.485. The van der Waals surface area contributed by atoms with Crippen molar-refractivity contribution in [2.75, 3.05) is 31.5 Å². The second-order valence-electron chi connectivity index (χ2n) is 4.67. The summed E-state index contributed by atoms with van der Waals surface area (Å²) in [6.07, 6.45) is 0. The van der Waals surface area contributed by atoms with Crippen molar-refractivity contribution in [1.82, 2.24) is 10.2 Å². The highest BCUT2D eigenvalue weighted by atomic mass is 35.5. The van der Waals surface area contributed by atoms with Crippen LogP contribution in [0.3, 0.4) is 0 Å². The summed E-state index contributed by atoms with van der Waals surface area (Å²) in [6, 6.07) is 5.51. The van der Waals surface area contributed by atoms with E-state index in [9.17, 15) is 4.79 Å². The van der Waals surface area contributed by atoms with Gasteiger partial charge in [-0.25, -0.2) is 0 Å². The first-order valence-corrected chi connectivity index (χ1v) is 7.02. The number of nitrogens with one attached hydrogen (secondary N) is 2. The molecule has 0 bridgehead atoms. The van der Waals surface area contributed by atoms with Gasteiger partial charge in [-0.05, 0) is 19.1 Å². The minimum absolute atomic E-state index is 0. The summed E-state index contributed by atoms with van der Waals surface area (Å²) in [5.74, 6) is -0.0937. The Bertz CT molecular complexity index is 450. The number of hydrogen-bond donors (Lipinski definition) is 2. The van der Waals surface area contributed by atoms with Gasteiger partial charge in [-0.2, -0.15) is 0 Å². The minimum Gasteiger partial charge on any atom is -0.322 e.